The third-order valence-corrected chi connectivity index (χ3v) is 4.73. The van der Waals surface area contributed by atoms with Gasteiger partial charge in [-0.2, -0.15) is 0 Å². The van der Waals surface area contributed by atoms with E-state index in [4.69, 9.17) is 0 Å². The lowest BCUT2D eigenvalue weighted by Gasteiger charge is -2.60. The van der Waals surface area contributed by atoms with Crippen molar-refractivity contribution < 1.29 is 5.11 Å². The van der Waals surface area contributed by atoms with Crippen LogP contribution in [-0.2, 0) is 0 Å². The minimum atomic E-state index is -0.285. The number of hydrogen-bond acceptors (Lipinski definition) is 1. The highest BCUT2D eigenvalue weighted by Gasteiger charge is 2.56. The molecule has 4 aliphatic carbocycles. The van der Waals surface area contributed by atoms with Gasteiger partial charge < -0.3 is 5.11 Å². The molecule has 1 N–H and O–H groups in total. The summed E-state index contributed by atoms with van der Waals surface area (Å²) in [6.45, 7) is 3.88. The molecule has 4 bridgehead atoms. The van der Waals surface area contributed by atoms with Crippen LogP contribution in [0.15, 0.2) is 12.7 Å². The fraction of sp³-hybridized carbons (Fsp3) is 0.846. The van der Waals surface area contributed by atoms with Crippen LogP contribution in [0.25, 0.3) is 0 Å². The van der Waals surface area contributed by atoms with Crippen molar-refractivity contribution in [2.75, 3.05) is 0 Å². The highest BCUT2D eigenvalue weighted by molar-refractivity contribution is 5.09. The van der Waals surface area contributed by atoms with Gasteiger partial charge in [-0.15, -0.1) is 6.58 Å². The Hall–Kier alpha value is -0.300. The molecule has 1 nitrogen and oxygen atoms in total. The second-order valence-electron chi connectivity index (χ2n) is 6.18. The van der Waals surface area contributed by atoms with Gasteiger partial charge in [0.15, 0.2) is 0 Å². The number of hydrogen-bond donors (Lipinski definition) is 1. The summed E-state index contributed by atoms with van der Waals surface area (Å²) in [6.07, 6.45) is 10.5. The molecule has 4 rings (SSSR count). The van der Waals surface area contributed by atoms with Crippen LogP contribution in [0.4, 0.5) is 0 Å². The van der Waals surface area contributed by atoms with E-state index in [2.05, 4.69) is 12.7 Å². The third-order valence-electron chi connectivity index (χ3n) is 4.73. The Morgan fingerprint density at radius 1 is 1.21 bits per heavy atom. The third kappa shape index (κ3) is 1.18. The Bertz CT molecular complexity index is 254. The predicted octanol–water partition coefficient (Wildman–Crippen LogP) is 2.89. The van der Waals surface area contributed by atoms with Gasteiger partial charge in [0, 0.05) is 0 Å². The summed E-state index contributed by atoms with van der Waals surface area (Å²) in [4.78, 5) is 0. The van der Waals surface area contributed by atoms with Gasteiger partial charge in [0.2, 0.25) is 0 Å². The van der Waals surface area contributed by atoms with E-state index in [1.54, 1.807) is 0 Å². The second-order valence-corrected chi connectivity index (χ2v) is 6.18. The zero-order valence-corrected chi connectivity index (χ0v) is 8.84. The van der Waals surface area contributed by atoms with E-state index in [9.17, 15) is 5.11 Å². The smallest absolute Gasteiger partial charge is 0.0658 e. The van der Waals surface area contributed by atoms with Crippen molar-refractivity contribution in [1.82, 2.24) is 0 Å². The van der Waals surface area contributed by atoms with E-state index in [1.165, 1.54) is 19.3 Å². The molecule has 0 aliphatic heterocycles. The van der Waals surface area contributed by atoms with Crippen LogP contribution in [-0.4, -0.2) is 10.7 Å². The molecule has 78 valence electrons. The van der Waals surface area contributed by atoms with Crippen molar-refractivity contribution in [2.45, 2.75) is 50.5 Å². The molecule has 4 saturated carbocycles. The summed E-state index contributed by atoms with van der Waals surface area (Å²) in [5, 5.41) is 10.5. The van der Waals surface area contributed by atoms with E-state index < -0.39 is 0 Å². The SMILES string of the molecule is C=CCC12C[C@@H]3C[C@@H](CC(O)(C3)C1)C2. The van der Waals surface area contributed by atoms with Crippen LogP contribution in [0.2, 0.25) is 0 Å². The van der Waals surface area contributed by atoms with Gasteiger partial charge in [-0.25, -0.2) is 0 Å². The molecule has 2 unspecified atom stereocenters. The Balaban J connectivity index is 1.92. The Labute approximate surface area is 86.2 Å². The van der Waals surface area contributed by atoms with Crippen molar-refractivity contribution in [3.63, 3.8) is 0 Å². The summed E-state index contributed by atoms with van der Waals surface area (Å²) in [6, 6.07) is 0. The average molecular weight is 192 g/mol. The molecular formula is C13H20O. The molecule has 0 saturated heterocycles. The van der Waals surface area contributed by atoms with Crippen molar-refractivity contribution in [2.24, 2.45) is 17.3 Å². The van der Waals surface area contributed by atoms with Gasteiger partial charge in [-0.1, -0.05) is 6.08 Å². The van der Waals surface area contributed by atoms with Crippen LogP contribution < -0.4 is 0 Å². The minimum Gasteiger partial charge on any atom is -0.390 e. The Kier molecular flexibility index (Phi) is 1.69. The molecule has 1 heteroatoms. The fourth-order valence-corrected chi connectivity index (χ4v) is 4.95. The number of aliphatic hydroxyl groups is 1. The summed E-state index contributed by atoms with van der Waals surface area (Å²) >= 11 is 0. The van der Waals surface area contributed by atoms with Gasteiger partial charge in [0.05, 0.1) is 5.60 Å². The van der Waals surface area contributed by atoms with Crippen LogP contribution in [0.1, 0.15) is 44.9 Å². The molecule has 0 radical (unpaired) electrons. The lowest BCUT2D eigenvalue weighted by atomic mass is 9.47. The first-order valence-corrected chi connectivity index (χ1v) is 5.96. The summed E-state index contributed by atoms with van der Waals surface area (Å²) in [7, 11) is 0. The molecular weight excluding hydrogens is 172 g/mol. The molecule has 4 aliphatic rings. The van der Waals surface area contributed by atoms with Crippen molar-refractivity contribution >= 4 is 0 Å². The molecule has 0 heterocycles. The highest BCUT2D eigenvalue weighted by atomic mass is 16.3. The van der Waals surface area contributed by atoms with Crippen molar-refractivity contribution in [3.05, 3.63) is 12.7 Å². The molecule has 14 heavy (non-hydrogen) atoms. The van der Waals surface area contributed by atoms with Crippen LogP contribution in [0, 0.1) is 17.3 Å². The van der Waals surface area contributed by atoms with Gasteiger partial charge >= 0.3 is 0 Å². The van der Waals surface area contributed by atoms with Crippen molar-refractivity contribution in [1.29, 1.82) is 0 Å². The Morgan fingerprint density at radius 3 is 2.36 bits per heavy atom. The maximum absolute atomic E-state index is 10.5. The topological polar surface area (TPSA) is 20.2 Å². The van der Waals surface area contributed by atoms with E-state index in [-0.39, 0.29) is 5.60 Å². The minimum absolute atomic E-state index is 0.285. The molecule has 4 fully saturated rings. The van der Waals surface area contributed by atoms with E-state index >= 15 is 0 Å². The van der Waals surface area contributed by atoms with Crippen molar-refractivity contribution in [3.8, 4) is 0 Å². The van der Waals surface area contributed by atoms with E-state index in [0.29, 0.717) is 5.41 Å². The van der Waals surface area contributed by atoms with E-state index in [1.807, 2.05) is 0 Å². The first-order valence-electron chi connectivity index (χ1n) is 5.96. The summed E-state index contributed by atoms with van der Waals surface area (Å²) in [5.74, 6) is 1.64. The standard InChI is InChI=1S/C13H20O/c1-2-3-12-5-10-4-11(6-12)8-13(14,7-10)9-12/h2,10-11,14H,1,3-9H2/t10-,11+,12?,13?. The maximum Gasteiger partial charge on any atom is 0.0658 e. The Morgan fingerprint density at radius 2 is 1.86 bits per heavy atom. The predicted molar refractivity (Wildman–Crippen MR) is 56.9 cm³/mol. The van der Waals surface area contributed by atoms with Crippen LogP contribution >= 0.6 is 0 Å². The zero-order valence-electron chi connectivity index (χ0n) is 8.84. The summed E-state index contributed by atoms with van der Waals surface area (Å²) < 4.78 is 0. The lowest BCUT2D eigenvalue weighted by molar-refractivity contribution is -0.162. The maximum atomic E-state index is 10.5. The molecule has 0 spiro atoms. The molecule has 0 amide bonds. The molecule has 0 aromatic heterocycles. The monoisotopic (exact) mass is 192 g/mol. The number of rotatable bonds is 2. The second kappa shape index (κ2) is 2.63. The molecule has 0 aromatic rings. The highest BCUT2D eigenvalue weighted by Crippen LogP contribution is 2.62. The van der Waals surface area contributed by atoms with Gasteiger partial charge in [0.25, 0.3) is 0 Å². The van der Waals surface area contributed by atoms with E-state index in [0.717, 1.165) is 37.5 Å². The van der Waals surface area contributed by atoms with Crippen LogP contribution in [0.3, 0.4) is 0 Å². The van der Waals surface area contributed by atoms with Gasteiger partial charge in [-0.3, -0.25) is 0 Å². The first kappa shape index (κ1) is 8.96. The van der Waals surface area contributed by atoms with Gasteiger partial charge in [0.1, 0.15) is 0 Å². The zero-order chi connectivity index (χ0) is 9.81. The average Bonchev–Trinajstić information content (AvgIpc) is 1.97. The number of allylic oxidation sites excluding steroid dienone is 1. The quantitative estimate of drug-likeness (QED) is 0.667. The largest absolute Gasteiger partial charge is 0.390 e. The normalized spacial score (nSPS) is 54.9. The molecule has 4 atom stereocenters. The lowest BCUT2D eigenvalue weighted by Crippen LogP contribution is -2.55. The summed E-state index contributed by atoms with van der Waals surface area (Å²) in [5.41, 5.74) is 0.160. The first-order chi connectivity index (χ1) is 6.63. The van der Waals surface area contributed by atoms with Gasteiger partial charge in [-0.05, 0) is 62.2 Å². The van der Waals surface area contributed by atoms with Crippen LogP contribution in [0.5, 0.6) is 0 Å². The fourth-order valence-electron chi connectivity index (χ4n) is 4.95. The molecule has 0 aromatic carbocycles.